The van der Waals surface area contributed by atoms with E-state index >= 15 is 0 Å². The third-order valence-electron chi connectivity index (χ3n) is 11.8. The highest BCUT2D eigenvalue weighted by Crippen LogP contribution is 2.40. The van der Waals surface area contributed by atoms with Crippen molar-refractivity contribution in [1.29, 1.82) is 0 Å². The van der Waals surface area contributed by atoms with Gasteiger partial charge in [0.2, 0.25) is 7.28 Å². The van der Waals surface area contributed by atoms with Crippen LogP contribution in [0.2, 0.25) is 0 Å². The van der Waals surface area contributed by atoms with Crippen LogP contribution in [0.25, 0.3) is 93.9 Å². The van der Waals surface area contributed by atoms with Crippen molar-refractivity contribution >= 4 is 61.9 Å². The highest BCUT2D eigenvalue weighted by Gasteiger charge is 2.25. The Kier molecular flexibility index (Phi) is 7.44. The molecule has 0 bridgehead atoms. The zero-order valence-electron chi connectivity index (χ0n) is 31.8. The maximum Gasteiger partial charge on any atom is 0.202 e. The molecule has 59 heavy (non-hydrogen) atoms. The molecule has 1 radical (unpaired) electrons. The predicted octanol–water partition coefficient (Wildman–Crippen LogP) is 12.8. The van der Waals surface area contributed by atoms with E-state index in [4.69, 9.17) is 9.15 Å². The van der Waals surface area contributed by atoms with Crippen molar-refractivity contribution in [3.63, 3.8) is 0 Å². The molecule has 0 spiro atoms. The zero-order valence-corrected chi connectivity index (χ0v) is 31.8. The van der Waals surface area contributed by atoms with E-state index in [0.717, 1.165) is 94.6 Å². The molecule has 0 atom stereocenters. The van der Waals surface area contributed by atoms with Crippen LogP contribution in [-0.2, 0) is 0 Å². The van der Waals surface area contributed by atoms with Crippen molar-refractivity contribution in [3.05, 3.63) is 194 Å². The molecule has 0 aliphatic carbocycles. The number of phenols is 1. The van der Waals surface area contributed by atoms with E-state index < -0.39 is 0 Å². The van der Waals surface area contributed by atoms with E-state index in [0.29, 0.717) is 0 Å². The number of ether oxygens (including phenoxy) is 1. The number of aromatic hydroxyl groups is 1. The molecular formula is C54H33BNO3. The van der Waals surface area contributed by atoms with Gasteiger partial charge in [0, 0.05) is 32.8 Å². The third-order valence-corrected chi connectivity index (χ3v) is 11.8. The van der Waals surface area contributed by atoms with Gasteiger partial charge in [-0.3, -0.25) is 0 Å². The molecule has 12 rings (SSSR count). The highest BCUT2D eigenvalue weighted by molar-refractivity contribution is 6.71. The van der Waals surface area contributed by atoms with Crippen LogP contribution >= 0.6 is 0 Å². The minimum atomic E-state index is 0.221. The maximum atomic E-state index is 11.1. The molecule has 4 nitrogen and oxygen atoms in total. The standard InChI is InChI=1S/C54H33BNO3/c57-49-18-7-3-14-42(49)45-29-38(35-11-9-10-34(28-35)37-22-26-44-43-15-4-8-19-50(43)58-51(44)30-37)32-53-54(45)55-46-27-23-36(31-52(46)59-53)33-20-24-39(25-21-33)56-47-16-5-1-12-40(47)41-13-2-6-17-48(41)56/h1-32,57H. The Hall–Kier alpha value is -7.76. The van der Waals surface area contributed by atoms with E-state index in [-0.39, 0.29) is 5.75 Å². The van der Waals surface area contributed by atoms with Gasteiger partial charge in [-0.15, -0.1) is 0 Å². The highest BCUT2D eigenvalue weighted by atomic mass is 16.5. The first kappa shape index (κ1) is 33.4. The third kappa shape index (κ3) is 5.47. The van der Waals surface area contributed by atoms with E-state index in [9.17, 15) is 5.11 Å². The van der Waals surface area contributed by atoms with E-state index in [1.165, 1.54) is 21.8 Å². The van der Waals surface area contributed by atoms with Crippen molar-refractivity contribution < 1.29 is 14.3 Å². The monoisotopic (exact) mass is 754 g/mol. The largest absolute Gasteiger partial charge is 0.507 e. The lowest BCUT2D eigenvalue weighted by molar-refractivity contribution is 0.477. The van der Waals surface area contributed by atoms with Gasteiger partial charge in [0.25, 0.3) is 0 Å². The van der Waals surface area contributed by atoms with Gasteiger partial charge in [-0.05, 0) is 123 Å². The SMILES string of the molecule is Oc1ccccc1-c1cc(-c2cccc(-c3ccc4c(c3)oc3ccccc34)c2)cc2c1[B]c1ccc(-c3ccc(-n4c5ccccc5c5ccccc54)cc3)cc1O2. The molecule has 0 saturated carbocycles. The van der Waals surface area contributed by atoms with Crippen LogP contribution in [0.15, 0.2) is 199 Å². The lowest BCUT2D eigenvalue weighted by atomic mass is 9.59. The van der Waals surface area contributed by atoms with Gasteiger partial charge in [-0.1, -0.05) is 121 Å². The minimum Gasteiger partial charge on any atom is -0.507 e. The molecule has 0 fully saturated rings. The normalized spacial score (nSPS) is 12.1. The zero-order chi connectivity index (χ0) is 39.0. The summed E-state index contributed by atoms with van der Waals surface area (Å²) in [4.78, 5) is 0. The number of hydrogen-bond acceptors (Lipinski definition) is 3. The molecular weight excluding hydrogens is 721 g/mol. The van der Waals surface area contributed by atoms with Crippen molar-refractivity contribution in [2.24, 2.45) is 0 Å². The Labute approximate surface area is 341 Å². The summed E-state index contributed by atoms with van der Waals surface area (Å²) in [6, 6.07) is 67.3. The summed E-state index contributed by atoms with van der Waals surface area (Å²) in [6.45, 7) is 0. The lowest BCUT2D eigenvalue weighted by Gasteiger charge is -2.25. The van der Waals surface area contributed by atoms with Gasteiger partial charge >= 0.3 is 0 Å². The number of fused-ring (bicyclic) bond motifs is 8. The lowest BCUT2D eigenvalue weighted by Crippen LogP contribution is -2.35. The van der Waals surface area contributed by atoms with Crippen molar-refractivity contribution in [1.82, 2.24) is 4.57 Å². The second kappa shape index (κ2) is 13.2. The van der Waals surface area contributed by atoms with Crippen LogP contribution in [0.4, 0.5) is 0 Å². The van der Waals surface area contributed by atoms with Crippen LogP contribution in [0.1, 0.15) is 0 Å². The molecule has 3 heterocycles. The fourth-order valence-corrected chi connectivity index (χ4v) is 8.93. The summed E-state index contributed by atoms with van der Waals surface area (Å²) in [7, 11) is 2.17. The topological polar surface area (TPSA) is 47.5 Å². The summed E-state index contributed by atoms with van der Waals surface area (Å²) in [6.07, 6.45) is 0. The Morgan fingerprint density at radius 3 is 1.81 bits per heavy atom. The molecule has 2 aromatic heterocycles. The van der Waals surface area contributed by atoms with Gasteiger partial charge < -0.3 is 18.8 Å². The molecule has 0 unspecified atom stereocenters. The second-order valence-corrected chi connectivity index (χ2v) is 15.3. The Balaban J connectivity index is 0.914. The predicted molar refractivity (Wildman–Crippen MR) is 243 cm³/mol. The fourth-order valence-electron chi connectivity index (χ4n) is 8.93. The quantitative estimate of drug-likeness (QED) is 0.178. The van der Waals surface area contributed by atoms with E-state index in [1.807, 2.05) is 36.4 Å². The summed E-state index contributed by atoms with van der Waals surface area (Å²) in [5.41, 5.74) is 15.2. The van der Waals surface area contributed by atoms with Crippen LogP contribution in [0.3, 0.4) is 0 Å². The second-order valence-electron chi connectivity index (χ2n) is 15.3. The first-order valence-corrected chi connectivity index (χ1v) is 19.9. The molecule has 0 saturated heterocycles. The number of para-hydroxylation sites is 4. The number of hydrogen-bond donors (Lipinski definition) is 1. The molecule has 275 valence electrons. The van der Waals surface area contributed by atoms with Crippen molar-refractivity contribution in [2.45, 2.75) is 0 Å². The number of aromatic nitrogens is 1. The van der Waals surface area contributed by atoms with E-state index in [1.54, 1.807) is 6.07 Å². The Morgan fingerprint density at radius 1 is 0.407 bits per heavy atom. The van der Waals surface area contributed by atoms with Gasteiger partial charge in [-0.25, -0.2) is 0 Å². The smallest absolute Gasteiger partial charge is 0.202 e. The average molecular weight is 755 g/mol. The number of rotatable bonds is 5. The summed E-state index contributed by atoms with van der Waals surface area (Å²) in [5, 5.41) is 15.9. The van der Waals surface area contributed by atoms with Gasteiger partial charge in [0.05, 0.1) is 11.0 Å². The molecule has 1 aliphatic heterocycles. The number of benzene rings is 9. The molecule has 11 aromatic rings. The Bertz CT molecular complexity index is 3410. The fraction of sp³-hybridized carbons (Fsp3) is 0. The molecule has 5 heteroatoms. The van der Waals surface area contributed by atoms with Crippen molar-refractivity contribution in [2.75, 3.05) is 0 Å². The van der Waals surface area contributed by atoms with E-state index in [2.05, 4.69) is 164 Å². The van der Waals surface area contributed by atoms with Crippen LogP contribution in [-0.4, -0.2) is 17.0 Å². The summed E-state index contributed by atoms with van der Waals surface area (Å²) >= 11 is 0. The summed E-state index contributed by atoms with van der Waals surface area (Å²) < 4.78 is 15.4. The van der Waals surface area contributed by atoms with Crippen LogP contribution < -0.4 is 15.7 Å². The van der Waals surface area contributed by atoms with Crippen LogP contribution in [0, 0.1) is 0 Å². The molecule has 9 aromatic carbocycles. The Morgan fingerprint density at radius 2 is 1.02 bits per heavy atom. The van der Waals surface area contributed by atoms with Gasteiger partial charge in [-0.2, -0.15) is 0 Å². The van der Waals surface area contributed by atoms with Crippen LogP contribution in [0.5, 0.6) is 17.2 Å². The number of nitrogens with zero attached hydrogens (tertiary/aromatic N) is 1. The molecule has 1 aliphatic rings. The molecule has 0 amide bonds. The van der Waals surface area contributed by atoms with Gasteiger partial charge in [0.1, 0.15) is 28.4 Å². The first-order valence-electron chi connectivity index (χ1n) is 19.9. The van der Waals surface area contributed by atoms with Crippen molar-refractivity contribution in [3.8, 4) is 67.4 Å². The minimum absolute atomic E-state index is 0.221. The first-order chi connectivity index (χ1) is 29.1. The number of phenolic OH excluding ortho intramolecular Hbond substituents is 1. The average Bonchev–Trinajstić information content (AvgIpc) is 3.84. The number of furan rings is 1. The van der Waals surface area contributed by atoms with Gasteiger partial charge in [0.15, 0.2) is 0 Å². The molecule has 1 N–H and O–H groups in total. The summed E-state index contributed by atoms with van der Waals surface area (Å²) in [5.74, 6) is 1.74. The maximum absolute atomic E-state index is 11.1.